The summed E-state index contributed by atoms with van der Waals surface area (Å²) in [7, 11) is 0. The summed E-state index contributed by atoms with van der Waals surface area (Å²) in [6.45, 7) is 3.80. The minimum Gasteiger partial charge on any atom is -0.490 e. The van der Waals surface area contributed by atoms with Crippen LogP contribution in [0.1, 0.15) is 23.7 Å². The number of hydrogen-bond acceptors (Lipinski definition) is 4. The number of ether oxygens (including phenoxy) is 2. The van der Waals surface area contributed by atoms with E-state index >= 15 is 0 Å². The molecule has 0 fully saturated rings. The molecule has 0 saturated heterocycles. The summed E-state index contributed by atoms with van der Waals surface area (Å²) in [5.74, 6) is 1.21. The fraction of sp³-hybridized carbons (Fsp3) is 0.333. The molecule has 6 heteroatoms. The van der Waals surface area contributed by atoms with Crippen LogP contribution in [0.25, 0.3) is 0 Å². The zero-order valence-corrected chi connectivity index (χ0v) is 13.4. The molecule has 0 aliphatic carbocycles. The first-order valence-electron chi connectivity index (χ1n) is 6.74. The predicted molar refractivity (Wildman–Crippen MR) is 83.0 cm³/mol. The molecular weight excluding hydrogens is 336 g/mol. The highest BCUT2D eigenvalue weighted by Gasteiger charge is 2.12. The summed E-state index contributed by atoms with van der Waals surface area (Å²) in [5, 5.41) is 0. The van der Waals surface area contributed by atoms with Gasteiger partial charge in [0.05, 0.1) is 24.0 Å². The highest BCUT2D eigenvalue weighted by Crippen LogP contribution is 2.36. The Balaban J connectivity index is 1.99. The number of imidazole rings is 1. The number of benzene rings is 1. The first-order valence-corrected chi connectivity index (χ1v) is 7.54. The number of nitrogens with zero attached hydrogens (tertiary/aromatic N) is 2. The summed E-state index contributed by atoms with van der Waals surface area (Å²) in [6.07, 6.45) is 7.09. The van der Waals surface area contributed by atoms with Crippen molar-refractivity contribution >= 4 is 22.2 Å². The lowest BCUT2D eigenvalue weighted by atomic mass is 10.2. The van der Waals surface area contributed by atoms with Crippen LogP contribution in [0.4, 0.5) is 0 Å². The normalized spacial score (nSPS) is 10.4. The minimum absolute atomic E-state index is 0.514. The van der Waals surface area contributed by atoms with Gasteiger partial charge in [-0.05, 0) is 41.4 Å². The van der Waals surface area contributed by atoms with Crippen LogP contribution >= 0.6 is 15.9 Å². The van der Waals surface area contributed by atoms with Crippen LogP contribution in [-0.4, -0.2) is 29.1 Å². The van der Waals surface area contributed by atoms with Crippen LogP contribution in [-0.2, 0) is 6.54 Å². The van der Waals surface area contributed by atoms with Crippen LogP contribution in [0.3, 0.4) is 0 Å². The van der Waals surface area contributed by atoms with Crippen molar-refractivity contribution in [3.05, 3.63) is 40.9 Å². The summed E-state index contributed by atoms with van der Waals surface area (Å²) in [6, 6.07) is 3.41. The van der Waals surface area contributed by atoms with Crippen LogP contribution < -0.4 is 9.47 Å². The molecule has 0 amide bonds. The van der Waals surface area contributed by atoms with Gasteiger partial charge >= 0.3 is 0 Å². The van der Waals surface area contributed by atoms with E-state index in [0.29, 0.717) is 30.3 Å². The van der Waals surface area contributed by atoms with Crippen LogP contribution in [0, 0.1) is 0 Å². The van der Waals surface area contributed by atoms with Crippen LogP contribution in [0.5, 0.6) is 11.5 Å². The van der Waals surface area contributed by atoms with Crippen LogP contribution in [0.2, 0.25) is 0 Å². The molecule has 5 nitrogen and oxygen atoms in total. The smallest absolute Gasteiger partial charge is 0.175 e. The van der Waals surface area contributed by atoms with E-state index < -0.39 is 0 Å². The topological polar surface area (TPSA) is 53.4 Å². The number of hydrogen-bond donors (Lipinski definition) is 0. The Labute approximate surface area is 132 Å². The molecule has 1 aromatic carbocycles. The van der Waals surface area contributed by atoms with Gasteiger partial charge in [-0.2, -0.15) is 0 Å². The lowest BCUT2D eigenvalue weighted by Crippen LogP contribution is -2.05. The number of aldehydes is 1. The fourth-order valence-electron chi connectivity index (χ4n) is 1.90. The standard InChI is InChI=1S/C15H17BrN2O3/c1-2-20-14-9-12(10-19)8-13(16)15(14)21-7-3-5-18-6-4-17-11-18/h4,6,8-11H,2-3,5,7H2,1H3. The van der Waals surface area contributed by atoms with Crippen molar-refractivity contribution in [1.82, 2.24) is 9.55 Å². The quantitative estimate of drug-likeness (QED) is 0.540. The second-order valence-corrected chi connectivity index (χ2v) is 5.24. The lowest BCUT2D eigenvalue weighted by Gasteiger charge is -2.14. The van der Waals surface area contributed by atoms with E-state index in [9.17, 15) is 4.79 Å². The molecule has 1 heterocycles. The molecule has 2 aromatic rings. The molecule has 0 aliphatic heterocycles. The molecule has 0 atom stereocenters. The van der Waals surface area contributed by atoms with Crippen molar-refractivity contribution in [3.63, 3.8) is 0 Å². The molecule has 0 unspecified atom stereocenters. The van der Waals surface area contributed by atoms with Gasteiger partial charge in [0.2, 0.25) is 0 Å². The monoisotopic (exact) mass is 352 g/mol. The molecular formula is C15H17BrN2O3. The summed E-state index contributed by atoms with van der Waals surface area (Å²) in [5.41, 5.74) is 0.552. The van der Waals surface area contributed by atoms with Crippen molar-refractivity contribution in [2.24, 2.45) is 0 Å². The number of halogens is 1. The molecule has 0 bridgehead atoms. The summed E-state index contributed by atoms with van der Waals surface area (Å²) < 4.78 is 14.0. The Kier molecular flexibility index (Phi) is 5.80. The van der Waals surface area contributed by atoms with Crippen molar-refractivity contribution < 1.29 is 14.3 Å². The Morgan fingerprint density at radius 3 is 2.90 bits per heavy atom. The second kappa shape index (κ2) is 7.83. The van der Waals surface area contributed by atoms with Crippen molar-refractivity contribution in [2.75, 3.05) is 13.2 Å². The number of aryl methyl sites for hydroxylation is 1. The van der Waals surface area contributed by atoms with Gasteiger partial charge in [0, 0.05) is 24.5 Å². The van der Waals surface area contributed by atoms with Crippen LogP contribution in [0.15, 0.2) is 35.3 Å². The molecule has 112 valence electrons. The highest BCUT2D eigenvalue weighted by molar-refractivity contribution is 9.10. The van der Waals surface area contributed by atoms with Gasteiger partial charge in [-0.1, -0.05) is 0 Å². The first-order chi connectivity index (χ1) is 10.2. The first kappa shape index (κ1) is 15.6. The maximum Gasteiger partial charge on any atom is 0.175 e. The van der Waals surface area contributed by atoms with E-state index in [0.717, 1.165) is 23.7 Å². The van der Waals surface area contributed by atoms with Gasteiger partial charge in [-0.15, -0.1) is 0 Å². The Hall–Kier alpha value is -1.82. The molecule has 0 N–H and O–H groups in total. The van der Waals surface area contributed by atoms with E-state index in [4.69, 9.17) is 9.47 Å². The van der Waals surface area contributed by atoms with Crippen molar-refractivity contribution in [1.29, 1.82) is 0 Å². The Morgan fingerprint density at radius 2 is 2.24 bits per heavy atom. The second-order valence-electron chi connectivity index (χ2n) is 4.38. The largest absolute Gasteiger partial charge is 0.490 e. The fourth-order valence-corrected chi connectivity index (χ4v) is 2.47. The molecule has 0 radical (unpaired) electrons. The molecule has 21 heavy (non-hydrogen) atoms. The van der Waals surface area contributed by atoms with Gasteiger partial charge in [0.25, 0.3) is 0 Å². The lowest BCUT2D eigenvalue weighted by molar-refractivity contribution is 0.112. The third kappa shape index (κ3) is 4.32. The summed E-state index contributed by atoms with van der Waals surface area (Å²) >= 11 is 3.42. The zero-order valence-electron chi connectivity index (χ0n) is 11.8. The van der Waals surface area contributed by atoms with Gasteiger partial charge in [-0.3, -0.25) is 4.79 Å². The molecule has 0 aliphatic rings. The average Bonchev–Trinajstić information content (AvgIpc) is 2.99. The van der Waals surface area contributed by atoms with Gasteiger partial charge < -0.3 is 14.0 Å². The third-order valence-corrected chi connectivity index (χ3v) is 3.42. The van der Waals surface area contributed by atoms with Gasteiger partial charge in [-0.25, -0.2) is 4.98 Å². The van der Waals surface area contributed by atoms with E-state index in [1.807, 2.05) is 17.7 Å². The Bertz CT molecular complexity index is 585. The number of carbonyl (C=O) groups excluding carboxylic acids is 1. The Morgan fingerprint density at radius 1 is 1.38 bits per heavy atom. The van der Waals surface area contributed by atoms with E-state index in [1.165, 1.54) is 0 Å². The molecule has 0 spiro atoms. The van der Waals surface area contributed by atoms with E-state index in [1.54, 1.807) is 24.7 Å². The number of aromatic nitrogens is 2. The predicted octanol–water partition coefficient (Wildman–Crippen LogP) is 3.33. The molecule has 1 aromatic heterocycles. The van der Waals surface area contributed by atoms with E-state index in [2.05, 4.69) is 20.9 Å². The molecule has 0 saturated carbocycles. The maximum atomic E-state index is 10.9. The highest BCUT2D eigenvalue weighted by atomic mass is 79.9. The van der Waals surface area contributed by atoms with Crippen molar-refractivity contribution in [2.45, 2.75) is 19.9 Å². The number of rotatable bonds is 8. The minimum atomic E-state index is 0.514. The number of carbonyl (C=O) groups is 1. The maximum absolute atomic E-state index is 10.9. The summed E-state index contributed by atoms with van der Waals surface area (Å²) in [4.78, 5) is 14.9. The third-order valence-electron chi connectivity index (χ3n) is 2.83. The zero-order chi connectivity index (χ0) is 15.1. The average molecular weight is 353 g/mol. The van der Waals surface area contributed by atoms with Gasteiger partial charge in [0.15, 0.2) is 11.5 Å². The van der Waals surface area contributed by atoms with Crippen molar-refractivity contribution in [3.8, 4) is 11.5 Å². The molecule has 2 rings (SSSR count). The SMILES string of the molecule is CCOc1cc(C=O)cc(Br)c1OCCCn1ccnc1. The van der Waals surface area contributed by atoms with Gasteiger partial charge in [0.1, 0.15) is 6.29 Å². The van der Waals surface area contributed by atoms with E-state index in [-0.39, 0.29) is 0 Å².